The van der Waals surface area contributed by atoms with E-state index in [1.807, 2.05) is 0 Å². The Morgan fingerprint density at radius 3 is 1.67 bits per heavy atom. The summed E-state index contributed by atoms with van der Waals surface area (Å²) in [6.07, 6.45) is 15.0. The fourth-order valence-electron chi connectivity index (χ4n) is 3.18. The smallest absolute Gasteiger partial charge is 0.307 e. The molecule has 0 fully saturated rings. The second kappa shape index (κ2) is 15.5. The monoisotopic (exact) mass is 342 g/mol. The summed E-state index contributed by atoms with van der Waals surface area (Å²) in [5, 5.41) is 17.7. The van der Waals surface area contributed by atoms with Crippen LogP contribution in [0.1, 0.15) is 104 Å². The summed E-state index contributed by atoms with van der Waals surface area (Å²) in [5.41, 5.74) is 0. The average molecular weight is 343 g/mol. The highest BCUT2D eigenvalue weighted by Crippen LogP contribution is 2.19. The first kappa shape index (κ1) is 22.9. The van der Waals surface area contributed by atoms with Crippen LogP contribution in [0.4, 0.5) is 0 Å². The van der Waals surface area contributed by atoms with E-state index in [1.54, 1.807) is 0 Å². The van der Waals surface area contributed by atoms with Gasteiger partial charge in [0.2, 0.25) is 0 Å². The van der Waals surface area contributed by atoms with E-state index in [2.05, 4.69) is 13.8 Å². The van der Waals surface area contributed by atoms with Gasteiger partial charge in [-0.1, -0.05) is 90.9 Å². The minimum absolute atomic E-state index is 0.258. The Morgan fingerprint density at radius 1 is 0.750 bits per heavy atom. The quantitative estimate of drug-likeness (QED) is 0.323. The number of hydrogen-bond acceptors (Lipinski definition) is 2. The van der Waals surface area contributed by atoms with E-state index >= 15 is 0 Å². The molecule has 0 aliphatic heterocycles. The molecule has 4 nitrogen and oxygen atoms in total. The molecule has 142 valence electrons. The van der Waals surface area contributed by atoms with Crippen LogP contribution in [-0.4, -0.2) is 22.2 Å². The second-order valence-electron chi connectivity index (χ2n) is 7.29. The van der Waals surface area contributed by atoms with Gasteiger partial charge >= 0.3 is 11.9 Å². The summed E-state index contributed by atoms with van der Waals surface area (Å²) in [6, 6.07) is 0. The molecule has 0 amide bonds. The second-order valence-corrected chi connectivity index (χ2v) is 7.29. The van der Waals surface area contributed by atoms with Crippen molar-refractivity contribution in [1.29, 1.82) is 0 Å². The van der Waals surface area contributed by atoms with E-state index in [0.29, 0.717) is 6.42 Å². The van der Waals surface area contributed by atoms with Gasteiger partial charge < -0.3 is 10.2 Å². The van der Waals surface area contributed by atoms with E-state index in [4.69, 9.17) is 10.2 Å². The zero-order valence-corrected chi connectivity index (χ0v) is 15.8. The first-order chi connectivity index (χ1) is 11.5. The number of unbranched alkanes of at least 4 members (excludes halogenated alkanes) is 8. The standard InChI is InChI=1S/C20H38O4/c1-3-4-5-10-13-17(2)14-11-8-6-7-9-12-15-18(20(23)24)16-19(21)22/h17-18H,3-16H2,1-2H3,(H,21,22)(H,23,24). The van der Waals surface area contributed by atoms with Crippen molar-refractivity contribution in [2.75, 3.05) is 0 Å². The number of carbonyl (C=O) groups is 2. The molecule has 24 heavy (non-hydrogen) atoms. The highest BCUT2D eigenvalue weighted by molar-refractivity contribution is 5.77. The van der Waals surface area contributed by atoms with Crippen molar-refractivity contribution in [1.82, 2.24) is 0 Å². The lowest BCUT2D eigenvalue weighted by Gasteiger charge is -2.11. The van der Waals surface area contributed by atoms with Gasteiger partial charge in [0.25, 0.3) is 0 Å². The van der Waals surface area contributed by atoms with Gasteiger partial charge in [0, 0.05) is 0 Å². The zero-order chi connectivity index (χ0) is 18.2. The van der Waals surface area contributed by atoms with Gasteiger partial charge in [-0.2, -0.15) is 0 Å². The lowest BCUT2D eigenvalue weighted by molar-refractivity contribution is -0.148. The van der Waals surface area contributed by atoms with Crippen molar-refractivity contribution < 1.29 is 19.8 Å². The average Bonchev–Trinajstić information content (AvgIpc) is 2.52. The van der Waals surface area contributed by atoms with Crippen LogP contribution in [-0.2, 0) is 9.59 Å². The van der Waals surface area contributed by atoms with Crippen LogP contribution in [0.15, 0.2) is 0 Å². The molecule has 4 heteroatoms. The predicted molar refractivity (Wildman–Crippen MR) is 98.2 cm³/mol. The van der Waals surface area contributed by atoms with Crippen molar-refractivity contribution in [3.05, 3.63) is 0 Å². The number of carboxylic acid groups (broad SMARTS) is 2. The Hall–Kier alpha value is -1.06. The molecule has 0 bridgehead atoms. The van der Waals surface area contributed by atoms with Gasteiger partial charge in [0.15, 0.2) is 0 Å². The fourth-order valence-corrected chi connectivity index (χ4v) is 3.18. The third kappa shape index (κ3) is 14.5. The molecule has 2 N–H and O–H groups in total. The van der Waals surface area contributed by atoms with Gasteiger partial charge in [0.05, 0.1) is 12.3 Å². The van der Waals surface area contributed by atoms with Crippen molar-refractivity contribution >= 4 is 11.9 Å². The van der Waals surface area contributed by atoms with E-state index < -0.39 is 17.9 Å². The topological polar surface area (TPSA) is 74.6 Å². The van der Waals surface area contributed by atoms with Crippen LogP contribution in [0.2, 0.25) is 0 Å². The van der Waals surface area contributed by atoms with Crippen LogP contribution in [0.3, 0.4) is 0 Å². The Kier molecular flexibility index (Phi) is 14.8. The molecule has 0 radical (unpaired) electrons. The summed E-state index contributed by atoms with van der Waals surface area (Å²) in [5.74, 6) is -1.89. The summed E-state index contributed by atoms with van der Waals surface area (Å²) in [6.45, 7) is 4.61. The third-order valence-electron chi connectivity index (χ3n) is 4.82. The Morgan fingerprint density at radius 2 is 1.21 bits per heavy atom. The molecule has 0 rings (SSSR count). The summed E-state index contributed by atoms with van der Waals surface area (Å²) >= 11 is 0. The van der Waals surface area contributed by atoms with Gasteiger partial charge in [-0.15, -0.1) is 0 Å². The maximum atomic E-state index is 11.0. The molecule has 0 heterocycles. The fraction of sp³-hybridized carbons (Fsp3) is 0.900. The zero-order valence-electron chi connectivity index (χ0n) is 15.8. The molecule has 0 saturated carbocycles. The van der Waals surface area contributed by atoms with Crippen LogP contribution in [0, 0.1) is 11.8 Å². The molecular formula is C20H38O4. The summed E-state index contributed by atoms with van der Waals surface area (Å²) in [4.78, 5) is 21.6. The number of rotatable bonds is 17. The minimum Gasteiger partial charge on any atom is -0.481 e. The van der Waals surface area contributed by atoms with Crippen LogP contribution in [0.5, 0.6) is 0 Å². The molecule has 0 spiro atoms. The first-order valence-corrected chi connectivity index (χ1v) is 9.92. The summed E-state index contributed by atoms with van der Waals surface area (Å²) in [7, 11) is 0. The SMILES string of the molecule is CCCCCCC(C)CCCCCCCCC(CC(=O)O)C(=O)O. The van der Waals surface area contributed by atoms with Gasteiger partial charge in [-0.05, 0) is 12.3 Å². The van der Waals surface area contributed by atoms with Gasteiger partial charge in [-0.25, -0.2) is 0 Å². The maximum absolute atomic E-state index is 11.0. The number of carboxylic acids is 2. The maximum Gasteiger partial charge on any atom is 0.307 e. The van der Waals surface area contributed by atoms with E-state index in [-0.39, 0.29) is 6.42 Å². The Labute approximate surface area is 148 Å². The van der Waals surface area contributed by atoms with Crippen LogP contribution < -0.4 is 0 Å². The first-order valence-electron chi connectivity index (χ1n) is 9.92. The van der Waals surface area contributed by atoms with Crippen LogP contribution in [0.25, 0.3) is 0 Å². The van der Waals surface area contributed by atoms with E-state index in [0.717, 1.165) is 25.2 Å². The third-order valence-corrected chi connectivity index (χ3v) is 4.82. The molecule has 0 aromatic heterocycles. The highest BCUT2D eigenvalue weighted by Gasteiger charge is 2.20. The van der Waals surface area contributed by atoms with Crippen molar-refractivity contribution in [3.63, 3.8) is 0 Å². The number of hydrogen-bond donors (Lipinski definition) is 2. The molecule has 0 aliphatic rings. The molecule has 0 aliphatic carbocycles. The molecule has 0 saturated heterocycles. The molecule has 0 aromatic rings. The lowest BCUT2D eigenvalue weighted by atomic mass is 9.95. The molecular weight excluding hydrogens is 304 g/mol. The number of aliphatic carboxylic acids is 2. The van der Waals surface area contributed by atoms with E-state index in [1.165, 1.54) is 57.8 Å². The lowest BCUT2D eigenvalue weighted by Crippen LogP contribution is -2.17. The van der Waals surface area contributed by atoms with Gasteiger partial charge in [0.1, 0.15) is 0 Å². The Balaban J connectivity index is 3.46. The highest BCUT2D eigenvalue weighted by atomic mass is 16.4. The molecule has 0 aromatic carbocycles. The predicted octanol–water partition coefficient (Wildman–Crippen LogP) is 5.89. The normalized spacial score (nSPS) is 13.6. The summed E-state index contributed by atoms with van der Waals surface area (Å²) < 4.78 is 0. The largest absolute Gasteiger partial charge is 0.481 e. The van der Waals surface area contributed by atoms with Crippen molar-refractivity contribution in [3.8, 4) is 0 Å². The molecule has 2 unspecified atom stereocenters. The van der Waals surface area contributed by atoms with Crippen molar-refractivity contribution in [2.45, 2.75) is 104 Å². The van der Waals surface area contributed by atoms with Crippen LogP contribution >= 0.6 is 0 Å². The minimum atomic E-state index is -1.02. The Bertz CT molecular complexity index is 328. The molecule has 2 atom stereocenters. The van der Waals surface area contributed by atoms with Gasteiger partial charge in [-0.3, -0.25) is 9.59 Å². The van der Waals surface area contributed by atoms with E-state index in [9.17, 15) is 9.59 Å². The van der Waals surface area contributed by atoms with Crippen molar-refractivity contribution in [2.24, 2.45) is 11.8 Å².